The molecule has 0 aliphatic heterocycles. The Morgan fingerprint density at radius 1 is 0.958 bits per heavy atom. The van der Waals surface area contributed by atoms with E-state index in [9.17, 15) is 0 Å². The average Bonchev–Trinajstić information content (AvgIpc) is 2.96. The predicted octanol–water partition coefficient (Wildman–Crippen LogP) is 4.48. The van der Waals surface area contributed by atoms with Gasteiger partial charge in [0.05, 0.1) is 17.4 Å². The maximum absolute atomic E-state index is 5.89. The summed E-state index contributed by atoms with van der Waals surface area (Å²) in [6.07, 6.45) is 4.00. The topological polar surface area (TPSA) is 45.5 Å². The third-order valence-corrected chi connectivity index (χ3v) is 6.90. The first-order valence-corrected chi connectivity index (χ1v) is 10.5. The van der Waals surface area contributed by atoms with Crippen LogP contribution < -0.4 is 0 Å². The molecule has 5 nitrogen and oxygen atoms in total. The Kier molecular flexibility index (Phi) is 10.1. The number of nitrogens with zero attached hydrogens (tertiary/aromatic N) is 2. The molecule has 0 saturated heterocycles. The van der Waals surface area contributed by atoms with Crippen molar-refractivity contribution in [1.82, 2.24) is 9.55 Å². The van der Waals surface area contributed by atoms with Gasteiger partial charge in [-0.1, -0.05) is 12.1 Å². The second-order valence-electron chi connectivity index (χ2n) is 5.37. The lowest BCUT2D eigenvalue weighted by Crippen LogP contribution is -2.45. The van der Waals surface area contributed by atoms with E-state index >= 15 is 0 Å². The first-order valence-electron chi connectivity index (χ1n) is 8.56. The van der Waals surface area contributed by atoms with Gasteiger partial charge in [-0.3, -0.25) is 0 Å². The highest BCUT2D eigenvalue weighted by molar-refractivity contribution is 14.0. The zero-order valence-electron chi connectivity index (χ0n) is 14.9. The van der Waals surface area contributed by atoms with Crippen molar-refractivity contribution in [2.75, 3.05) is 19.8 Å². The second kappa shape index (κ2) is 11.2. The van der Waals surface area contributed by atoms with Gasteiger partial charge >= 0.3 is 8.80 Å². The van der Waals surface area contributed by atoms with E-state index in [1.54, 1.807) is 0 Å². The zero-order valence-corrected chi connectivity index (χ0v) is 18.2. The SMILES string of the molecule is CCO[Si](CCCCn1cnc2ccccc21)(OCC)OCC.I. The summed E-state index contributed by atoms with van der Waals surface area (Å²) in [7, 11) is -2.50. The molecule has 7 heteroatoms. The molecule has 24 heavy (non-hydrogen) atoms. The molecule has 1 aromatic carbocycles. The Morgan fingerprint density at radius 2 is 1.58 bits per heavy atom. The quantitative estimate of drug-likeness (QED) is 0.280. The van der Waals surface area contributed by atoms with Crippen molar-refractivity contribution >= 4 is 43.8 Å². The van der Waals surface area contributed by atoms with Gasteiger partial charge in [0.2, 0.25) is 0 Å². The molecular weight excluding hydrogens is 435 g/mol. The average molecular weight is 464 g/mol. The summed E-state index contributed by atoms with van der Waals surface area (Å²) in [6, 6.07) is 9.10. The Hall–Kier alpha value is -0.483. The summed E-state index contributed by atoms with van der Waals surface area (Å²) in [5, 5.41) is 0. The molecule has 1 heterocycles. The second-order valence-corrected chi connectivity index (χ2v) is 8.10. The van der Waals surface area contributed by atoms with Crippen LogP contribution in [-0.4, -0.2) is 38.2 Å². The first-order chi connectivity index (χ1) is 11.2. The van der Waals surface area contributed by atoms with Gasteiger partial charge in [0.1, 0.15) is 0 Å². The van der Waals surface area contributed by atoms with E-state index in [1.807, 2.05) is 39.2 Å². The molecule has 0 aliphatic carbocycles. The van der Waals surface area contributed by atoms with Crippen LogP contribution in [0.3, 0.4) is 0 Å². The van der Waals surface area contributed by atoms with Crippen LogP contribution in [0.4, 0.5) is 0 Å². The molecule has 0 atom stereocenters. The van der Waals surface area contributed by atoms with Crippen LogP contribution in [0.5, 0.6) is 0 Å². The van der Waals surface area contributed by atoms with E-state index in [0.29, 0.717) is 19.8 Å². The van der Waals surface area contributed by atoms with Crippen LogP contribution in [0.15, 0.2) is 30.6 Å². The fraction of sp³-hybridized carbons (Fsp3) is 0.588. The molecule has 2 aromatic rings. The summed E-state index contributed by atoms with van der Waals surface area (Å²) in [6.45, 7) is 8.86. The Morgan fingerprint density at radius 3 is 2.21 bits per heavy atom. The molecule has 0 N–H and O–H groups in total. The molecule has 0 aliphatic rings. The van der Waals surface area contributed by atoms with E-state index in [-0.39, 0.29) is 24.0 Å². The Labute approximate surface area is 163 Å². The van der Waals surface area contributed by atoms with Crippen molar-refractivity contribution in [3.63, 3.8) is 0 Å². The lowest BCUT2D eigenvalue weighted by Gasteiger charge is -2.28. The predicted molar refractivity (Wildman–Crippen MR) is 110 cm³/mol. The lowest BCUT2D eigenvalue weighted by molar-refractivity contribution is 0.0706. The van der Waals surface area contributed by atoms with Crippen LogP contribution in [0.1, 0.15) is 33.6 Å². The van der Waals surface area contributed by atoms with E-state index in [1.165, 1.54) is 5.52 Å². The van der Waals surface area contributed by atoms with Crippen molar-refractivity contribution in [2.24, 2.45) is 0 Å². The smallest absolute Gasteiger partial charge is 0.374 e. The Bertz CT molecular complexity index is 577. The van der Waals surface area contributed by atoms with Gasteiger partial charge in [0.25, 0.3) is 0 Å². The molecule has 1 aromatic heterocycles. The van der Waals surface area contributed by atoms with Gasteiger partial charge in [-0.25, -0.2) is 4.98 Å². The number of hydrogen-bond donors (Lipinski definition) is 0. The number of hydrogen-bond acceptors (Lipinski definition) is 4. The normalized spacial score (nSPS) is 11.6. The molecule has 0 spiro atoms. The van der Waals surface area contributed by atoms with Gasteiger partial charge in [0, 0.05) is 32.4 Å². The Balaban J connectivity index is 0.00000288. The van der Waals surface area contributed by atoms with Crippen molar-refractivity contribution in [3.05, 3.63) is 30.6 Å². The van der Waals surface area contributed by atoms with E-state index in [0.717, 1.165) is 30.9 Å². The molecule has 2 rings (SSSR count). The van der Waals surface area contributed by atoms with Crippen molar-refractivity contribution in [1.29, 1.82) is 0 Å². The van der Waals surface area contributed by atoms with E-state index in [4.69, 9.17) is 13.3 Å². The van der Waals surface area contributed by atoms with Gasteiger partial charge in [-0.05, 0) is 45.7 Å². The zero-order chi connectivity index (χ0) is 16.5. The number of aromatic nitrogens is 2. The highest BCUT2D eigenvalue weighted by atomic mass is 127. The highest BCUT2D eigenvalue weighted by Crippen LogP contribution is 2.20. The third-order valence-electron chi connectivity index (χ3n) is 3.75. The van der Waals surface area contributed by atoms with Crippen LogP contribution in [0, 0.1) is 0 Å². The fourth-order valence-electron chi connectivity index (χ4n) is 2.81. The number of para-hydroxylation sites is 2. The molecule has 0 radical (unpaired) electrons. The first kappa shape index (κ1) is 21.6. The molecule has 136 valence electrons. The summed E-state index contributed by atoms with van der Waals surface area (Å²) in [5.41, 5.74) is 2.24. The van der Waals surface area contributed by atoms with Crippen LogP contribution in [-0.2, 0) is 19.8 Å². The minimum absolute atomic E-state index is 0. The molecule has 0 saturated carbocycles. The van der Waals surface area contributed by atoms with Gasteiger partial charge in [-0.15, -0.1) is 24.0 Å². The molecule has 0 fully saturated rings. The van der Waals surface area contributed by atoms with Crippen LogP contribution in [0.2, 0.25) is 6.04 Å². The molecular formula is C17H29IN2O3Si. The highest BCUT2D eigenvalue weighted by Gasteiger charge is 2.39. The van der Waals surface area contributed by atoms with Crippen LogP contribution in [0.25, 0.3) is 11.0 Å². The van der Waals surface area contributed by atoms with E-state index < -0.39 is 8.80 Å². The number of halogens is 1. The summed E-state index contributed by atoms with van der Waals surface area (Å²) in [5.74, 6) is 0. The van der Waals surface area contributed by atoms with Crippen LogP contribution >= 0.6 is 24.0 Å². The number of imidazole rings is 1. The largest absolute Gasteiger partial charge is 0.500 e. The summed E-state index contributed by atoms with van der Waals surface area (Å²) >= 11 is 0. The van der Waals surface area contributed by atoms with Crippen molar-refractivity contribution in [2.45, 2.75) is 46.2 Å². The number of rotatable bonds is 11. The minimum Gasteiger partial charge on any atom is -0.374 e. The van der Waals surface area contributed by atoms with Gasteiger partial charge < -0.3 is 17.8 Å². The summed E-state index contributed by atoms with van der Waals surface area (Å²) < 4.78 is 19.9. The molecule has 0 amide bonds. The number of benzene rings is 1. The maximum Gasteiger partial charge on any atom is 0.500 e. The molecule has 0 unspecified atom stereocenters. The molecule has 0 bridgehead atoms. The third kappa shape index (κ3) is 5.80. The van der Waals surface area contributed by atoms with E-state index in [2.05, 4.69) is 21.7 Å². The van der Waals surface area contributed by atoms with Gasteiger partial charge in [-0.2, -0.15) is 0 Å². The monoisotopic (exact) mass is 464 g/mol. The van der Waals surface area contributed by atoms with Crippen molar-refractivity contribution < 1.29 is 13.3 Å². The van der Waals surface area contributed by atoms with Gasteiger partial charge in [0.15, 0.2) is 0 Å². The summed E-state index contributed by atoms with van der Waals surface area (Å²) in [4.78, 5) is 4.43. The minimum atomic E-state index is -2.50. The maximum atomic E-state index is 5.89. The lowest BCUT2D eigenvalue weighted by atomic mass is 10.3. The standard InChI is InChI=1S/C17H28N2O3Si.HI/c1-4-20-23(21-5-2,22-6-3)14-10-9-13-19-15-18-16-11-7-8-12-17(16)19;/h7-8,11-12,15H,4-6,9-10,13-14H2,1-3H3;1H. The van der Waals surface area contributed by atoms with Crippen molar-refractivity contribution in [3.8, 4) is 0 Å². The number of aryl methyl sites for hydroxylation is 1. The number of fused-ring (bicyclic) bond motifs is 1. The fourth-order valence-corrected chi connectivity index (χ4v) is 5.50. The number of unbranched alkanes of at least 4 members (excludes halogenated alkanes) is 1.